The van der Waals surface area contributed by atoms with Crippen molar-refractivity contribution in [2.45, 2.75) is 18.8 Å². The van der Waals surface area contributed by atoms with Crippen LogP contribution >= 0.6 is 0 Å². The van der Waals surface area contributed by atoms with Crippen molar-refractivity contribution in [3.63, 3.8) is 0 Å². The molecule has 3 nitrogen and oxygen atoms in total. The van der Waals surface area contributed by atoms with E-state index in [-0.39, 0.29) is 6.61 Å². The molecular weight excluding hydrogens is 262 g/mol. The van der Waals surface area contributed by atoms with Crippen molar-refractivity contribution in [2.24, 2.45) is 0 Å². The number of nitriles is 1. The lowest BCUT2D eigenvalue weighted by Crippen LogP contribution is -2.38. The molecule has 0 aliphatic rings. The molecule has 1 atom stereocenters. The van der Waals surface area contributed by atoms with Crippen LogP contribution in [0.5, 0.6) is 0 Å². The third kappa shape index (κ3) is 3.11. The van der Waals surface area contributed by atoms with Gasteiger partial charge in [-0.25, -0.2) is 4.79 Å². The number of carbonyl (C=O) groups is 1. The minimum absolute atomic E-state index is 0.254. The van der Waals surface area contributed by atoms with Crippen molar-refractivity contribution in [3.8, 4) is 6.07 Å². The van der Waals surface area contributed by atoms with Crippen LogP contribution in [-0.2, 0) is 21.4 Å². The standard InChI is InChI=1S/C18H17NO2/c1-2-21-17(20)18(14-19,16-11-7-4-8-12-16)13-15-9-5-3-6-10-15/h3-12H,2,13H2,1H3. The van der Waals surface area contributed by atoms with Gasteiger partial charge in [-0.15, -0.1) is 0 Å². The third-order valence-electron chi connectivity index (χ3n) is 3.39. The highest BCUT2D eigenvalue weighted by atomic mass is 16.5. The molecule has 0 aliphatic heterocycles. The third-order valence-corrected chi connectivity index (χ3v) is 3.39. The van der Waals surface area contributed by atoms with E-state index in [0.717, 1.165) is 5.56 Å². The molecule has 2 rings (SSSR count). The van der Waals surface area contributed by atoms with Gasteiger partial charge in [0.2, 0.25) is 0 Å². The van der Waals surface area contributed by atoms with Gasteiger partial charge in [0.25, 0.3) is 0 Å². The van der Waals surface area contributed by atoms with Gasteiger partial charge < -0.3 is 4.74 Å². The number of esters is 1. The first-order valence-corrected chi connectivity index (χ1v) is 6.91. The Bertz CT molecular complexity index is 631. The van der Waals surface area contributed by atoms with Crippen molar-refractivity contribution in [3.05, 3.63) is 71.8 Å². The van der Waals surface area contributed by atoms with Crippen LogP contribution in [-0.4, -0.2) is 12.6 Å². The molecule has 0 aliphatic carbocycles. The molecule has 0 saturated heterocycles. The molecule has 0 fully saturated rings. The molecule has 0 radical (unpaired) electrons. The molecule has 0 amide bonds. The van der Waals surface area contributed by atoms with Crippen molar-refractivity contribution < 1.29 is 9.53 Å². The Hall–Kier alpha value is -2.60. The highest BCUT2D eigenvalue weighted by Crippen LogP contribution is 2.29. The summed E-state index contributed by atoms with van der Waals surface area (Å²) in [6, 6.07) is 20.8. The summed E-state index contributed by atoms with van der Waals surface area (Å²) >= 11 is 0. The Kier molecular flexibility index (Phi) is 4.73. The number of hydrogen-bond donors (Lipinski definition) is 0. The maximum atomic E-state index is 12.5. The normalized spacial score (nSPS) is 13.0. The zero-order valence-corrected chi connectivity index (χ0v) is 12.0. The van der Waals surface area contributed by atoms with Gasteiger partial charge >= 0.3 is 5.97 Å². The fraction of sp³-hybridized carbons (Fsp3) is 0.222. The van der Waals surface area contributed by atoms with Crippen LogP contribution in [0, 0.1) is 11.3 Å². The molecule has 0 aromatic heterocycles. The van der Waals surface area contributed by atoms with Crippen molar-refractivity contribution in [2.75, 3.05) is 6.61 Å². The predicted octanol–water partition coefficient (Wildman–Crippen LogP) is 3.25. The van der Waals surface area contributed by atoms with Crippen molar-refractivity contribution in [1.82, 2.24) is 0 Å². The molecule has 106 valence electrons. The highest BCUT2D eigenvalue weighted by Gasteiger charge is 2.42. The minimum Gasteiger partial charge on any atom is -0.465 e. The quantitative estimate of drug-likeness (QED) is 0.789. The van der Waals surface area contributed by atoms with E-state index in [1.54, 1.807) is 19.1 Å². The van der Waals surface area contributed by atoms with Crippen LogP contribution in [0.4, 0.5) is 0 Å². The average Bonchev–Trinajstić information content (AvgIpc) is 2.54. The molecule has 21 heavy (non-hydrogen) atoms. The molecule has 0 heterocycles. The summed E-state index contributed by atoms with van der Waals surface area (Å²) in [5.41, 5.74) is 0.282. The lowest BCUT2D eigenvalue weighted by molar-refractivity contribution is -0.147. The number of nitrogens with zero attached hydrogens (tertiary/aromatic N) is 1. The molecule has 2 aromatic rings. The minimum atomic E-state index is -1.31. The molecule has 3 heteroatoms. The number of ether oxygens (including phenoxy) is 1. The molecule has 0 saturated carbocycles. The second-order valence-electron chi connectivity index (χ2n) is 4.77. The zero-order valence-electron chi connectivity index (χ0n) is 12.0. The Morgan fingerprint density at radius 3 is 2.19 bits per heavy atom. The molecule has 0 spiro atoms. The Morgan fingerprint density at radius 1 is 1.10 bits per heavy atom. The van der Waals surface area contributed by atoms with Gasteiger partial charge in [-0.3, -0.25) is 0 Å². The summed E-state index contributed by atoms with van der Waals surface area (Å²) in [6.07, 6.45) is 0.299. The van der Waals surface area contributed by atoms with E-state index in [1.165, 1.54) is 0 Å². The van der Waals surface area contributed by atoms with Crippen molar-refractivity contribution in [1.29, 1.82) is 5.26 Å². The summed E-state index contributed by atoms with van der Waals surface area (Å²) in [5.74, 6) is -0.498. The lowest BCUT2D eigenvalue weighted by atomic mass is 9.76. The second kappa shape index (κ2) is 6.71. The summed E-state index contributed by atoms with van der Waals surface area (Å²) < 4.78 is 5.16. The van der Waals surface area contributed by atoms with E-state index in [9.17, 15) is 10.1 Å². The summed E-state index contributed by atoms with van der Waals surface area (Å²) in [7, 11) is 0. The van der Waals surface area contributed by atoms with Crippen LogP contribution in [0.25, 0.3) is 0 Å². The Labute approximate surface area is 124 Å². The second-order valence-corrected chi connectivity index (χ2v) is 4.77. The van der Waals surface area contributed by atoms with E-state index < -0.39 is 11.4 Å². The first kappa shape index (κ1) is 14.8. The molecule has 1 unspecified atom stereocenters. The predicted molar refractivity (Wildman–Crippen MR) is 80.5 cm³/mol. The van der Waals surface area contributed by atoms with Crippen LogP contribution in [0.3, 0.4) is 0 Å². The fourth-order valence-electron chi connectivity index (χ4n) is 2.32. The molecule has 0 bridgehead atoms. The summed E-state index contributed by atoms with van der Waals surface area (Å²) in [6.45, 7) is 2.00. The highest BCUT2D eigenvalue weighted by molar-refractivity contribution is 5.87. The number of benzene rings is 2. The van der Waals surface area contributed by atoms with E-state index in [1.807, 2.05) is 48.5 Å². The molecule has 0 N–H and O–H groups in total. The number of hydrogen-bond acceptors (Lipinski definition) is 3. The SMILES string of the molecule is CCOC(=O)C(C#N)(Cc1ccccc1)c1ccccc1. The Morgan fingerprint density at radius 2 is 1.67 bits per heavy atom. The maximum Gasteiger partial charge on any atom is 0.331 e. The number of rotatable bonds is 5. The van der Waals surface area contributed by atoms with Gasteiger partial charge in [0.05, 0.1) is 12.7 Å². The van der Waals surface area contributed by atoms with Gasteiger partial charge in [-0.2, -0.15) is 5.26 Å². The molecule has 2 aromatic carbocycles. The smallest absolute Gasteiger partial charge is 0.331 e. The fourth-order valence-corrected chi connectivity index (χ4v) is 2.32. The first-order chi connectivity index (χ1) is 10.2. The van der Waals surface area contributed by atoms with Gasteiger partial charge in [0.15, 0.2) is 5.41 Å². The monoisotopic (exact) mass is 279 g/mol. The number of carbonyl (C=O) groups excluding carboxylic acids is 1. The van der Waals surface area contributed by atoms with Crippen LogP contribution in [0.1, 0.15) is 18.1 Å². The van der Waals surface area contributed by atoms with Crippen LogP contribution in [0.2, 0.25) is 0 Å². The molecular formula is C18H17NO2. The topological polar surface area (TPSA) is 50.1 Å². The average molecular weight is 279 g/mol. The summed E-state index contributed by atoms with van der Waals surface area (Å²) in [5, 5.41) is 9.74. The van der Waals surface area contributed by atoms with E-state index in [0.29, 0.717) is 12.0 Å². The lowest BCUT2D eigenvalue weighted by Gasteiger charge is -2.25. The van der Waals surface area contributed by atoms with Gasteiger partial charge in [0, 0.05) is 6.42 Å². The van der Waals surface area contributed by atoms with Crippen LogP contribution in [0.15, 0.2) is 60.7 Å². The van der Waals surface area contributed by atoms with Gasteiger partial charge in [0.1, 0.15) is 0 Å². The Balaban J connectivity index is 2.48. The summed E-state index contributed by atoms with van der Waals surface area (Å²) in [4.78, 5) is 12.5. The van der Waals surface area contributed by atoms with Crippen molar-refractivity contribution >= 4 is 5.97 Å². The van der Waals surface area contributed by atoms with E-state index in [2.05, 4.69) is 6.07 Å². The van der Waals surface area contributed by atoms with E-state index >= 15 is 0 Å². The van der Waals surface area contributed by atoms with E-state index in [4.69, 9.17) is 4.74 Å². The first-order valence-electron chi connectivity index (χ1n) is 6.91. The van der Waals surface area contributed by atoms with Crippen LogP contribution < -0.4 is 0 Å². The maximum absolute atomic E-state index is 12.5. The van der Waals surface area contributed by atoms with Gasteiger partial charge in [-0.1, -0.05) is 60.7 Å². The zero-order chi connectivity index (χ0) is 15.1. The van der Waals surface area contributed by atoms with Gasteiger partial charge in [-0.05, 0) is 18.1 Å². The largest absolute Gasteiger partial charge is 0.465 e.